The molecule has 3 fully saturated rings. The van der Waals surface area contributed by atoms with E-state index in [1.165, 1.54) is 7.11 Å². The lowest BCUT2D eigenvalue weighted by Gasteiger charge is -2.63. The van der Waals surface area contributed by atoms with Crippen molar-refractivity contribution in [2.45, 2.75) is 63.8 Å². The van der Waals surface area contributed by atoms with E-state index in [0.29, 0.717) is 25.2 Å². The number of rotatable bonds is 8. The molecule has 0 unspecified atom stereocenters. The van der Waals surface area contributed by atoms with E-state index < -0.39 is 52.8 Å². The first kappa shape index (κ1) is 25.8. The molecule has 1 amide bonds. The average molecular weight is 490 g/mol. The molecule has 0 radical (unpaired) electrons. The number of benzene rings is 1. The van der Waals surface area contributed by atoms with Gasteiger partial charge in [-0.05, 0) is 39.8 Å². The van der Waals surface area contributed by atoms with Crippen LogP contribution in [0.25, 0.3) is 0 Å². The molecule has 1 heterocycles. The minimum absolute atomic E-state index is 0.0168. The summed E-state index contributed by atoms with van der Waals surface area (Å²) in [7, 11) is 1.28. The van der Waals surface area contributed by atoms with Crippen molar-refractivity contribution in [3.8, 4) is 0 Å². The largest absolute Gasteiger partial charge is 0.467 e. The van der Waals surface area contributed by atoms with E-state index in [4.69, 9.17) is 23.7 Å². The van der Waals surface area contributed by atoms with Gasteiger partial charge in [-0.15, -0.1) is 0 Å². The number of Topliss-reactive ketones (excluding diaryl/α,β-unsaturated/α-hetero) is 1. The standard InChI is InChI=1S/C26H35NO8/c1-6-32-25(33-7-2)14-17-19(28)13-18(20-15-34-24(3,4)35-20)26(21(17)25,23(30)31-5)27-22(29)16-11-9-8-10-12-16/h8-12,17-18,20-21H,6-7,13-15H2,1-5H3,(H,27,29)/t17-,18-,20+,21-,26+/m0/s1. The number of carbonyl (C=O) groups is 3. The van der Waals surface area contributed by atoms with Crippen molar-refractivity contribution in [2.75, 3.05) is 26.9 Å². The number of hydrogen-bond donors (Lipinski definition) is 1. The van der Waals surface area contributed by atoms with Crippen LogP contribution in [0.15, 0.2) is 30.3 Å². The van der Waals surface area contributed by atoms with E-state index in [1.54, 1.807) is 44.2 Å². The molecule has 5 atom stereocenters. The van der Waals surface area contributed by atoms with Crippen LogP contribution in [0.3, 0.4) is 0 Å². The molecule has 1 saturated heterocycles. The van der Waals surface area contributed by atoms with Crippen LogP contribution in [-0.4, -0.2) is 67.8 Å². The number of carbonyl (C=O) groups excluding carboxylic acids is 3. The van der Waals surface area contributed by atoms with Crippen molar-refractivity contribution in [1.82, 2.24) is 5.32 Å². The van der Waals surface area contributed by atoms with Gasteiger partial charge < -0.3 is 29.0 Å². The normalized spacial score (nSPS) is 32.9. The second kappa shape index (κ2) is 9.61. The van der Waals surface area contributed by atoms with Gasteiger partial charge in [0, 0.05) is 43.5 Å². The van der Waals surface area contributed by atoms with Crippen LogP contribution >= 0.6 is 0 Å². The Labute approximate surface area is 205 Å². The summed E-state index contributed by atoms with van der Waals surface area (Å²) in [4.78, 5) is 40.7. The zero-order valence-electron chi connectivity index (χ0n) is 21.0. The molecule has 35 heavy (non-hydrogen) atoms. The number of nitrogens with one attached hydrogen (secondary N) is 1. The Balaban J connectivity index is 1.87. The van der Waals surface area contributed by atoms with Crippen molar-refractivity contribution >= 4 is 17.7 Å². The average Bonchev–Trinajstić information content (AvgIpc) is 3.19. The SMILES string of the molecule is CCOC1(OCC)C[C@H]2C(=O)C[C@@H]([C@H]3COC(C)(C)O3)[C@](NC(=O)c3ccccc3)(C(=O)OC)[C@@H]21. The van der Waals surface area contributed by atoms with Crippen molar-refractivity contribution in [3.05, 3.63) is 35.9 Å². The zero-order chi connectivity index (χ0) is 25.4. The minimum Gasteiger partial charge on any atom is -0.467 e. The summed E-state index contributed by atoms with van der Waals surface area (Å²) in [5.74, 6) is -5.34. The molecule has 1 aliphatic heterocycles. The third-order valence-corrected chi connectivity index (χ3v) is 7.43. The Morgan fingerprint density at radius 3 is 2.31 bits per heavy atom. The van der Waals surface area contributed by atoms with E-state index in [1.807, 2.05) is 13.8 Å². The zero-order valence-corrected chi connectivity index (χ0v) is 21.0. The van der Waals surface area contributed by atoms with Crippen molar-refractivity contribution < 1.29 is 38.1 Å². The number of amides is 1. The number of esters is 1. The van der Waals surface area contributed by atoms with Crippen LogP contribution in [-0.2, 0) is 33.3 Å². The molecule has 0 bridgehead atoms. The van der Waals surface area contributed by atoms with Gasteiger partial charge in [0.25, 0.3) is 5.91 Å². The number of fused-ring (bicyclic) bond motifs is 1. The monoisotopic (exact) mass is 489 g/mol. The molecule has 0 aromatic heterocycles. The predicted molar refractivity (Wildman–Crippen MR) is 124 cm³/mol. The molecule has 1 aromatic rings. The fraction of sp³-hybridized carbons (Fsp3) is 0.654. The third-order valence-electron chi connectivity index (χ3n) is 7.43. The molecule has 192 valence electrons. The Kier molecular flexibility index (Phi) is 7.07. The van der Waals surface area contributed by atoms with E-state index in [9.17, 15) is 14.4 Å². The lowest BCUT2D eigenvalue weighted by Crippen LogP contribution is -2.80. The number of hydrogen-bond acceptors (Lipinski definition) is 8. The fourth-order valence-electron chi connectivity index (χ4n) is 6.11. The van der Waals surface area contributed by atoms with Gasteiger partial charge in [-0.1, -0.05) is 18.2 Å². The third kappa shape index (κ3) is 4.28. The highest BCUT2D eigenvalue weighted by atomic mass is 16.7. The second-order valence-corrected chi connectivity index (χ2v) is 9.79. The van der Waals surface area contributed by atoms with Gasteiger partial charge in [-0.3, -0.25) is 9.59 Å². The molecule has 3 aliphatic rings. The Morgan fingerprint density at radius 2 is 1.77 bits per heavy atom. The van der Waals surface area contributed by atoms with Gasteiger partial charge in [-0.2, -0.15) is 0 Å². The second-order valence-electron chi connectivity index (χ2n) is 9.79. The van der Waals surface area contributed by atoms with E-state index in [2.05, 4.69) is 5.32 Å². The first-order valence-corrected chi connectivity index (χ1v) is 12.2. The van der Waals surface area contributed by atoms with Crippen LogP contribution in [0.5, 0.6) is 0 Å². The molecule has 4 rings (SSSR count). The first-order valence-electron chi connectivity index (χ1n) is 12.2. The molecular weight excluding hydrogens is 454 g/mol. The highest BCUT2D eigenvalue weighted by molar-refractivity contribution is 6.00. The summed E-state index contributed by atoms with van der Waals surface area (Å²) >= 11 is 0. The summed E-state index contributed by atoms with van der Waals surface area (Å²) in [5, 5.41) is 3.02. The van der Waals surface area contributed by atoms with Crippen molar-refractivity contribution in [1.29, 1.82) is 0 Å². The summed E-state index contributed by atoms with van der Waals surface area (Å²) in [6, 6.07) is 8.62. The van der Waals surface area contributed by atoms with E-state index in [0.717, 1.165) is 0 Å². The summed E-state index contributed by atoms with van der Waals surface area (Å²) < 4.78 is 29.5. The summed E-state index contributed by atoms with van der Waals surface area (Å²) in [6.07, 6.45) is -0.297. The van der Waals surface area contributed by atoms with Gasteiger partial charge in [0.1, 0.15) is 5.78 Å². The van der Waals surface area contributed by atoms with Crippen molar-refractivity contribution in [2.24, 2.45) is 17.8 Å². The number of ketones is 1. The van der Waals surface area contributed by atoms with Crippen LogP contribution in [0.2, 0.25) is 0 Å². The summed E-state index contributed by atoms with van der Waals surface area (Å²) in [6.45, 7) is 7.99. The highest BCUT2D eigenvalue weighted by Gasteiger charge is 2.75. The minimum atomic E-state index is -1.64. The maximum atomic E-state index is 13.8. The Bertz CT molecular complexity index is 957. The molecule has 2 aliphatic carbocycles. The molecule has 1 N–H and O–H groups in total. The molecule has 2 saturated carbocycles. The molecule has 9 heteroatoms. The molecule has 9 nitrogen and oxygen atoms in total. The van der Waals surface area contributed by atoms with Gasteiger partial charge >= 0.3 is 5.97 Å². The van der Waals surface area contributed by atoms with Gasteiger partial charge in [-0.25, -0.2) is 4.79 Å². The predicted octanol–water partition coefficient (Wildman–Crippen LogP) is 2.47. The quantitative estimate of drug-likeness (QED) is 0.438. The smallest absolute Gasteiger partial charge is 0.332 e. The van der Waals surface area contributed by atoms with Crippen LogP contribution in [0.1, 0.15) is 50.9 Å². The maximum absolute atomic E-state index is 13.8. The van der Waals surface area contributed by atoms with Crippen molar-refractivity contribution in [3.63, 3.8) is 0 Å². The topological polar surface area (TPSA) is 109 Å². The molecule has 0 spiro atoms. The van der Waals surface area contributed by atoms with E-state index in [-0.39, 0.29) is 18.8 Å². The van der Waals surface area contributed by atoms with Crippen LogP contribution < -0.4 is 5.32 Å². The first-order chi connectivity index (χ1) is 16.6. The van der Waals surface area contributed by atoms with Gasteiger partial charge in [0.05, 0.1) is 25.7 Å². The molecular formula is C26H35NO8. The lowest BCUT2D eigenvalue weighted by molar-refractivity contribution is -0.345. The number of ether oxygens (including phenoxy) is 5. The summed E-state index contributed by atoms with van der Waals surface area (Å²) in [5.41, 5.74) is -1.26. The molecule has 1 aromatic carbocycles. The Morgan fingerprint density at radius 1 is 1.11 bits per heavy atom. The van der Waals surface area contributed by atoms with Crippen LogP contribution in [0.4, 0.5) is 0 Å². The van der Waals surface area contributed by atoms with E-state index >= 15 is 0 Å². The number of methoxy groups -OCH3 is 1. The van der Waals surface area contributed by atoms with Gasteiger partial charge in [0.15, 0.2) is 17.1 Å². The lowest BCUT2D eigenvalue weighted by atomic mass is 9.48. The maximum Gasteiger partial charge on any atom is 0.332 e. The van der Waals surface area contributed by atoms with Gasteiger partial charge in [0.2, 0.25) is 0 Å². The highest BCUT2D eigenvalue weighted by Crippen LogP contribution is 2.60. The Hall–Kier alpha value is -2.33. The van der Waals surface area contributed by atoms with Crippen LogP contribution in [0, 0.1) is 17.8 Å². The fourth-order valence-corrected chi connectivity index (χ4v) is 6.11.